The largest absolute Gasteiger partial charge is 0.285 e. The van der Waals surface area contributed by atoms with Gasteiger partial charge in [0.2, 0.25) is 11.0 Å². The zero-order valence-electron chi connectivity index (χ0n) is 9.53. The standard InChI is InChI=1S/C10H14ClN3OS/c1-10(2,3)8-12-13-9(16-8)14-5-6(11)4-7(14)15/h6H,4-5H2,1-3H3. The first kappa shape index (κ1) is 11.8. The molecule has 1 atom stereocenters. The van der Waals surface area contributed by atoms with Crippen LogP contribution in [-0.2, 0) is 10.2 Å². The van der Waals surface area contributed by atoms with Crippen molar-refractivity contribution in [1.82, 2.24) is 10.2 Å². The maximum Gasteiger partial charge on any atom is 0.230 e. The number of hydrogen-bond acceptors (Lipinski definition) is 4. The highest BCUT2D eigenvalue weighted by Gasteiger charge is 2.32. The van der Waals surface area contributed by atoms with Gasteiger partial charge in [0.25, 0.3) is 0 Å². The van der Waals surface area contributed by atoms with E-state index in [0.29, 0.717) is 18.1 Å². The molecule has 0 aliphatic carbocycles. The number of alkyl halides is 1. The van der Waals surface area contributed by atoms with Gasteiger partial charge in [0.15, 0.2) is 0 Å². The number of hydrogen-bond donors (Lipinski definition) is 0. The Morgan fingerprint density at radius 2 is 2.12 bits per heavy atom. The molecule has 0 saturated carbocycles. The van der Waals surface area contributed by atoms with E-state index in [2.05, 4.69) is 31.0 Å². The summed E-state index contributed by atoms with van der Waals surface area (Å²) >= 11 is 7.41. The Labute approximate surface area is 104 Å². The van der Waals surface area contributed by atoms with Gasteiger partial charge >= 0.3 is 0 Å². The molecule has 0 radical (unpaired) electrons. The summed E-state index contributed by atoms with van der Waals surface area (Å²) in [7, 11) is 0. The van der Waals surface area contributed by atoms with E-state index < -0.39 is 0 Å². The number of carbonyl (C=O) groups is 1. The minimum atomic E-state index is -0.102. The predicted molar refractivity (Wildman–Crippen MR) is 65.2 cm³/mol. The summed E-state index contributed by atoms with van der Waals surface area (Å²) in [5.41, 5.74) is -0.0287. The van der Waals surface area contributed by atoms with E-state index in [1.165, 1.54) is 11.3 Å². The molecular formula is C10H14ClN3OS. The lowest BCUT2D eigenvalue weighted by Crippen LogP contribution is -2.24. The van der Waals surface area contributed by atoms with Crippen molar-refractivity contribution in [2.45, 2.75) is 38.0 Å². The van der Waals surface area contributed by atoms with Gasteiger partial charge < -0.3 is 0 Å². The highest BCUT2D eigenvalue weighted by Crippen LogP contribution is 2.32. The number of carbonyl (C=O) groups excluding carboxylic acids is 1. The molecule has 0 N–H and O–H groups in total. The second-order valence-electron chi connectivity index (χ2n) is 4.95. The first-order valence-electron chi connectivity index (χ1n) is 5.16. The van der Waals surface area contributed by atoms with Crippen molar-refractivity contribution in [1.29, 1.82) is 0 Å². The van der Waals surface area contributed by atoms with E-state index in [1.54, 1.807) is 4.90 Å². The van der Waals surface area contributed by atoms with Gasteiger partial charge in [-0.25, -0.2) is 0 Å². The van der Waals surface area contributed by atoms with Crippen LogP contribution in [0, 0.1) is 0 Å². The minimum absolute atomic E-state index is 0.0287. The topological polar surface area (TPSA) is 46.1 Å². The molecule has 1 fully saturated rings. The Hall–Kier alpha value is -0.680. The number of rotatable bonds is 1. The van der Waals surface area contributed by atoms with Gasteiger partial charge in [0.05, 0.1) is 5.38 Å². The van der Waals surface area contributed by atoms with Crippen LogP contribution in [0.2, 0.25) is 0 Å². The van der Waals surface area contributed by atoms with Crippen molar-refractivity contribution in [3.8, 4) is 0 Å². The fourth-order valence-electron chi connectivity index (χ4n) is 1.48. The summed E-state index contributed by atoms with van der Waals surface area (Å²) in [6, 6.07) is 0. The number of amides is 1. The van der Waals surface area contributed by atoms with E-state index in [1.807, 2.05) is 0 Å². The van der Waals surface area contributed by atoms with Gasteiger partial charge in [0.1, 0.15) is 5.01 Å². The summed E-state index contributed by atoms with van der Waals surface area (Å²) in [6.45, 7) is 6.77. The van der Waals surface area contributed by atoms with E-state index in [-0.39, 0.29) is 16.7 Å². The first-order valence-corrected chi connectivity index (χ1v) is 6.41. The van der Waals surface area contributed by atoms with Crippen LogP contribution in [0.15, 0.2) is 0 Å². The third kappa shape index (κ3) is 2.20. The van der Waals surface area contributed by atoms with Crippen LogP contribution < -0.4 is 4.90 Å². The molecule has 2 rings (SSSR count). The van der Waals surface area contributed by atoms with E-state index in [9.17, 15) is 4.79 Å². The zero-order chi connectivity index (χ0) is 11.9. The maximum absolute atomic E-state index is 11.6. The molecule has 1 saturated heterocycles. The molecular weight excluding hydrogens is 246 g/mol. The second-order valence-corrected chi connectivity index (χ2v) is 6.52. The SMILES string of the molecule is CC(C)(C)c1nnc(N2CC(Cl)CC2=O)s1. The number of halogens is 1. The average molecular weight is 260 g/mol. The lowest BCUT2D eigenvalue weighted by atomic mass is 9.98. The van der Waals surface area contributed by atoms with Crippen molar-refractivity contribution in [2.24, 2.45) is 0 Å². The molecule has 0 spiro atoms. The normalized spacial score (nSPS) is 21.9. The van der Waals surface area contributed by atoms with Crippen molar-refractivity contribution in [3.63, 3.8) is 0 Å². The molecule has 2 heterocycles. The summed E-state index contributed by atoms with van der Waals surface area (Å²) in [6.07, 6.45) is 0.395. The number of aromatic nitrogens is 2. The van der Waals surface area contributed by atoms with Crippen LogP contribution in [0.25, 0.3) is 0 Å². The third-order valence-corrected chi connectivity index (χ3v) is 4.03. The molecule has 88 valence electrons. The van der Waals surface area contributed by atoms with Crippen LogP contribution in [0.3, 0.4) is 0 Å². The molecule has 1 aromatic rings. The number of anilines is 1. The van der Waals surface area contributed by atoms with Crippen LogP contribution in [0.4, 0.5) is 5.13 Å². The summed E-state index contributed by atoms with van der Waals surface area (Å²) in [4.78, 5) is 13.3. The smallest absolute Gasteiger partial charge is 0.230 e. The van der Waals surface area contributed by atoms with Gasteiger partial charge in [0, 0.05) is 18.4 Å². The quantitative estimate of drug-likeness (QED) is 0.727. The van der Waals surface area contributed by atoms with Gasteiger partial charge in [-0.15, -0.1) is 21.8 Å². The lowest BCUT2D eigenvalue weighted by Gasteiger charge is -2.13. The summed E-state index contributed by atoms with van der Waals surface area (Å²) in [5, 5.41) is 9.69. The van der Waals surface area contributed by atoms with Gasteiger partial charge in [-0.3, -0.25) is 9.69 Å². The molecule has 16 heavy (non-hydrogen) atoms. The predicted octanol–water partition coefficient (Wildman–Crippen LogP) is 2.18. The van der Waals surface area contributed by atoms with Crippen molar-refractivity contribution >= 4 is 34.0 Å². The molecule has 1 amide bonds. The second kappa shape index (κ2) is 3.96. The lowest BCUT2D eigenvalue weighted by molar-refractivity contribution is -0.117. The van der Waals surface area contributed by atoms with E-state index >= 15 is 0 Å². The van der Waals surface area contributed by atoms with E-state index in [0.717, 1.165) is 5.01 Å². The average Bonchev–Trinajstić information content (AvgIpc) is 2.70. The fraction of sp³-hybridized carbons (Fsp3) is 0.700. The molecule has 1 aliphatic rings. The Balaban J connectivity index is 2.23. The fourth-order valence-corrected chi connectivity index (χ4v) is 2.68. The molecule has 1 unspecified atom stereocenters. The third-order valence-electron chi connectivity index (χ3n) is 2.36. The van der Waals surface area contributed by atoms with Crippen LogP contribution in [-0.4, -0.2) is 28.0 Å². The first-order chi connectivity index (χ1) is 7.38. The molecule has 0 aromatic carbocycles. The maximum atomic E-state index is 11.6. The Kier molecular flexibility index (Phi) is 2.92. The molecule has 4 nitrogen and oxygen atoms in total. The Morgan fingerprint density at radius 1 is 1.44 bits per heavy atom. The summed E-state index contributed by atoms with van der Waals surface area (Å²) in [5.74, 6) is 0.0385. The highest BCUT2D eigenvalue weighted by molar-refractivity contribution is 7.15. The van der Waals surface area contributed by atoms with Crippen LogP contribution in [0.1, 0.15) is 32.2 Å². The van der Waals surface area contributed by atoms with Crippen LogP contribution in [0.5, 0.6) is 0 Å². The number of nitrogens with zero attached hydrogens (tertiary/aromatic N) is 3. The van der Waals surface area contributed by atoms with Gasteiger partial charge in [-0.2, -0.15) is 0 Å². The van der Waals surface area contributed by atoms with E-state index in [4.69, 9.17) is 11.6 Å². The zero-order valence-corrected chi connectivity index (χ0v) is 11.1. The van der Waals surface area contributed by atoms with Crippen LogP contribution >= 0.6 is 22.9 Å². The van der Waals surface area contributed by atoms with Gasteiger partial charge in [-0.1, -0.05) is 32.1 Å². The van der Waals surface area contributed by atoms with Crippen molar-refractivity contribution in [2.75, 3.05) is 11.4 Å². The highest BCUT2D eigenvalue weighted by atomic mass is 35.5. The van der Waals surface area contributed by atoms with Crippen molar-refractivity contribution < 1.29 is 4.79 Å². The minimum Gasteiger partial charge on any atom is -0.285 e. The monoisotopic (exact) mass is 259 g/mol. The van der Waals surface area contributed by atoms with Gasteiger partial charge in [-0.05, 0) is 0 Å². The van der Waals surface area contributed by atoms with Crippen molar-refractivity contribution in [3.05, 3.63) is 5.01 Å². The molecule has 0 bridgehead atoms. The Bertz CT molecular complexity index is 412. The molecule has 1 aromatic heterocycles. The Morgan fingerprint density at radius 3 is 2.56 bits per heavy atom. The molecule has 6 heteroatoms. The summed E-state index contributed by atoms with van der Waals surface area (Å²) < 4.78 is 0. The molecule has 1 aliphatic heterocycles.